The summed E-state index contributed by atoms with van der Waals surface area (Å²) < 4.78 is 37.1. The molecule has 0 radical (unpaired) electrons. The predicted molar refractivity (Wildman–Crippen MR) is 95.8 cm³/mol. The van der Waals surface area contributed by atoms with Crippen LogP contribution in [0, 0.1) is 6.85 Å². The summed E-state index contributed by atoms with van der Waals surface area (Å²) in [4.78, 5) is 4.47. The van der Waals surface area contributed by atoms with Crippen LogP contribution in [0.25, 0.3) is 33.2 Å². The first-order valence-electron chi connectivity index (χ1n) is 9.57. The van der Waals surface area contributed by atoms with Gasteiger partial charge in [0.2, 0.25) is 0 Å². The van der Waals surface area contributed by atoms with Gasteiger partial charge in [0.15, 0.2) is 0 Å². The minimum absolute atomic E-state index is 0.256. The second-order valence-corrected chi connectivity index (χ2v) is 5.93. The van der Waals surface area contributed by atoms with Crippen LogP contribution in [0.1, 0.15) is 36.4 Å². The molecule has 0 saturated heterocycles. The molecule has 0 fully saturated rings. The number of aryl methyl sites for hydroxylation is 1. The van der Waals surface area contributed by atoms with Crippen molar-refractivity contribution in [1.82, 2.24) is 4.98 Å². The predicted octanol–water partition coefficient (Wildman–Crippen LogP) is 6.08. The van der Waals surface area contributed by atoms with Gasteiger partial charge in [0.05, 0.1) is 5.69 Å². The Bertz CT molecular complexity index is 1150. The molecule has 114 valence electrons. The minimum atomic E-state index is -2.18. The zero-order chi connectivity index (χ0) is 19.4. The molecule has 2 aromatic heterocycles. The first-order chi connectivity index (χ1) is 12.6. The second kappa shape index (κ2) is 5.24. The molecule has 2 nitrogen and oxygen atoms in total. The van der Waals surface area contributed by atoms with Crippen molar-refractivity contribution in [2.75, 3.05) is 0 Å². The lowest BCUT2D eigenvalue weighted by molar-refractivity contribution is 0.669. The van der Waals surface area contributed by atoms with Gasteiger partial charge in [-0.25, -0.2) is 0 Å². The van der Waals surface area contributed by atoms with Crippen LogP contribution in [0.15, 0.2) is 59.1 Å². The number of hydrogen-bond donors (Lipinski definition) is 0. The van der Waals surface area contributed by atoms with E-state index in [1.807, 2.05) is 44.2 Å². The van der Waals surface area contributed by atoms with Crippen molar-refractivity contribution in [3.05, 3.63) is 65.9 Å². The number of benzene rings is 2. The van der Waals surface area contributed by atoms with Gasteiger partial charge in [-0.3, -0.25) is 4.98 Å². The van der Waals surface area contributed by atoms with Gasteiger partial charge in [-0.15, -0.1) is 0 Å². The Morgan fingerprint density at radius 1 is 1.09 bits per heavy atom. The Morgan fingerprint density at radius 2 is 2.00 bits per heavy atom. The highest BCUT2D eigenvalue weighted by Gasteiger charge is 2.13. The fourth-order valence-corrected chi connectivity index (χ4v) is 2.89. The van der Waals surface area contributed by atoms with Gasteiger partial charge in [-0.05, 0) is 48.1 Å². The van der Waals surface area contributed by atoms with E-state index in [9.17, 15) is 0 Å². The molecule has 0 unspecified atom stereocenters. The number of furan rings is 1. The standard InChI is InChI=1S/C21H19NO/c1-13(2)15-9-10-22-19(12-15)18-6-4-5-17-16-8-7-14(3)11-20(16)23-21(17)18/h4-13H,1-3H3/i3D3,13D. The molecule has 0 aliphatic heterocycles. The largest absolute Gasteiger partial charge is 0.455 e. The van der Waals surface area contributed by atoms with Gasteiger partial charge in [0.1, 0.15) is 11.2 Å². The van der Waals surface area contributed by atoms with Gasteiger partial charge < -0.3 is 4.42 Å². The van der Waals surface area contributed by atoms with Crippen LogP contribution in [0.4, 0.5) is 0 Å². The lowest BCUT2D eigenvalue weighted by Crippen LogP contribution is -1.90. The molecule has 0 atom stereocenters. The van der Waals surface area contributed by atoms with E-state index in [4.69, 9.17) is 9.90 Å². The SMILES string of the molecule is [2H]C([2H])([2H])c1ccc2c(c1)oc1c(-c3cc(C([2H])(C)C)ccn3)cccc12. The molecule has 0 bridgehead atoms. The maximum absolute atomic E-state index is 8.26. The van der Waals surface area contributed by atoms with Crippen molar-refractivity contribution >= 4 is 21.9 Å². The highest BCUT2D eigenvalue weighted by Crippen LogP contribution is 2.35. The fourth-order valence-electron chi connectivity index (χ4n) is 2.89. The van der Waals surface area contributed by atoms with E-state index < -0.39 is 12.7 Å². The summed E-state index contributed by atoms with van der Waals surface area (Å²) in [7, 11) is 0. The summed E-state index contributed by atoms with van der Waals surface area (Å²) in [6, 6.07) is 14.6. The molecule has 23 heavy (non-hydrogen) atoms. The normalized spacial score (nSPS) is 15.2. The van der Waals surface area contributed by atoms with E-state index in [-0.39, 0.29) is 5.56 Å². The third-order valence-electron chi connectivity index (χ3n) is 4.11. The number of nitrogens with zero attached hydrogens (tertiary/aromatic N) is 1. The molecular weight excluding hydrogens is 282 g/mol. The van der Waals surface area contributed by atoms with Gasteiger partial charge >= 0.3 is 0 Å². The summed E-state index contributed by atoms with van der Waals surface area (Å²) >= 11 is 0. The van der Waals surface area contributed by atoms with Crippen LogP contribution >= 0.6 is 0 Å². The number of hydrogen-bond acceptors (Lipinski definition) is 2. The van der Waals surface area contributed by atoms with E-state index >= 15 is 0 Å². The summed E-state index contributed by atoms with van der Waals surface area (Å²) in [5, 5.41) is 1.79. The lowest BCUT2D eigenvalue weighted by atomic mass is 10.0. The number of pyridine rings is 1. The van der Waals surface area contributed by atoms with Crippen LogP contribution in [0.2, 0.25) is 0 Å². The van der Waals surface area contributed by atoms with E-state index in [0.717, 1.165) is 27.6 Å². The number of fused-ring (bicyclic) bond motifs is 3. The summed E-state index contributed by atoms with van der Waals surface area (Å²) in [6.07, 6.45) is 1.70. The average Bonchev–Trinajstić information content (AvgIpc) is 2.98. The summed E-state index contributed by atoms with van der Waals surface area (Å²) in [5.74, 6) is -0.728. The van der Waals surface area contributed by atoms with Gasteiger partial charge in [0.25, 0.3) is 0 Å². The van der Waals surface area contributed by atoms with Crippen LogP contribution in [0.5, 0.6) is 0 Å². The smallest absolute Gasteiger partial charge is 0.144 e. The molecule has 0 aliphatic rings. The third kappa shape index (κ3) is 2.31. The number of rotatable bonds is 2. The maximum Gasteiger partial charge on any atom is 0.144 e. The Labute approximate surface area is 141 Å². The van der Waals surface area contributed by atoms with Gasteiger partial charge in [-0.1, -0.05) is 38.1 Å². The monoisotopic (exact) mass is 305 g/mol. The fraction of sp³-hybridized carbons (Fsp3) is 0.190. The van der Waals surface area contributed by atoms with Crippen molar-refractivity contribution in [3.8, 4) is 11.3 Å². The highest BCUT2D eigenvalue weighted by atomic mass is 16.3. The Morgan fingerprint density at radius 3 is 2.83 bits per heavy atom. The van der Waals surface area contributed by atoms with Crippen LogP contribution < -0.4 is 0 Å². The van der Waals surface area contributed by atoms with E-state index in [0.29, 0.717) is 11.2 Å². The van der Waals surface area contributed by atoms with E-state index in [1.54, 1.807) is 24.4 Å². The van der Waals surface area contributed by atoms with Crippen molar-refractivity contribution < 1.29 is 9.90 Å². The molecule has 4 rings (SSSR count). The van der Waals surface area contributed by atoms with Crippen molar-refractivity contribution in [1.29, 1.82) is 0 Å². The molecule has 2 heteroatoms. The topological polar surface area (TPSA) is 26.0 Å². The Balaban J connectivity index is 1.95. The number of aromatic nitrogens is 1. The number of para-hydroxylation sites is 1. The van der Waals surface area contributed by atoms with Crippen molar-refractivity contribution in [3.63, 3.8) is 0 Å². The first-order valence-corrected chi connectivity index (χ1v) is 7.57. The molecule has 2 heterocycles. The Hall–Kier alpha value is -2.61. The molecule has 0 spiro atoms. The van der Waals surface area contributed by atoms with Crippen molar-refractivity contribution in [2.24, 2.45) is 0 Å². The molecule has 2 aromatic carbocycles. The molecule has 0 amide bonds. The van der Waals surface area contributed by atoms with E-state index in [1.165, 1.54) is 0 Å². The minimum Gasteiger partial charge on any atom is -0.455 e. The first kappa shape index (κ1) is 10.2. The van der Waals surface area contributed by atoms with E-state index in [2.05, 4.69) is 4.98 Å². The molecule has 0 saturated carbocycles. The highest BCUT2D eigenvalue weighted by molar-refractivity contribution is 6.09. The van der Waals surface area contributed by atoms with Gasteiger partial charge in [0, 0.05) is 28.0 Å². The summed E-state index contributed by atoms with van der Waals surface area (Å²) in [6.45, 7) is 1.50. The molecule has 4 aromatic rings. The van der Waals surface area contributed by atoms with Crippen LogP contribution in [0.3, 0.4) is 0 Å². The zero-order valence-electron chi connectivity index (χ0n) is 17.1. The second-order valence-electron chi connectivity index (χ2n) is 5.93. The molecule has 0 aliphatic carbocycles. The molecular formula is C21H19NO. The molecule has 0 N–H and O–H groups in total. The maximum atomic E-state index is 8.26. The average molecular weight is 305 g/mol. The van der Waals surface area contributed by atoms with Crippen molar-refractivity contribution in [2.45, 2.75) is 26.6 Å². The Kier molecular flexibility index (Phi) is 2.33. The third-order valence-corrected chi connectivity index (χ3v) is 4.11. The zero-order valence-corrected chi connectivity index (χ0v) is 13.1. The quantitative estimate of drug-likeness (QED) is 0.448. The summed E-state index contributed by atoms with van der Waals surface area (Å²) in [5.41, 5.74) is 3.89. The van der Waals surface area contributed by atoms with Crippen LogP contribution in [-0.2, 0) is 0 Å². The van der Waals surface area contributed by atoms with Gasteiger partial charge in [-0.2, -0.15) is 0 Å². The van der Waals surface area contributed by atoms with Crippen LogP contribution in [-0.4, -0.2) is 4.98 Å². The lowest BCUT2D eigenvalue weighted by Gasteiger charge is -2.07.